The largest absolute Gasteiger partial charge is 0.493 e. The van der Waals surface area contributed by atoms with Gasteiger partial charge in [0, 0.05) is 11.1 Å². The van der Waals surface area contributed by atoms with E-state index in [0.717, 1.165) is 33.1 Å². The van der Waals surface area contributed by atoms with Crippen LogP contribution in [0.5, 0.6) is 5.75 Å². The number of benzene rings is 1. The van der Waals surface area contributed by atoms with Crippen molar-refractivity contribution in [2.24, 2.45) is 0 Å². The lowest BCUT2D eigenvalue weighted by atomic mass is 9.61. The van der Waals surface area contributed by atoms with Crippen LogP contribution in [0.15, 0.2) is 12.1 Å². The summed E-state index contributed by atoms with van der Waals surface area (Å²) in [5.41, 5.74) is -6.70. The molecule has 2 rings (SSSR count). The fourth-order valence-electron chi connectivity index (χ4n) is 2.89. The molecule has 0 bridgehead atoms. The first-order valence-electron chi connectivity index (χ1n) is 6.23. The first kappa shape index (κ1) is 16.0. The van der Waals surface area contributed by atoms with Crippen LogP contribution in [0, 0.1) is 5.82 Å². The molecule has 1 aromatic carbocycles. The lowest BCUT2D eigenvalue weighted by molar-refractivity contribution is -0.335. The Morgan fingerprint density at radius 3 is 2.05 bits per heavy atom. The molecule has 3 nitrogen and oxygen atoms in total. The van der Waals surface area contributed by atoms with Crippen LogP contribution in [0.3, 0.4) is 0 Å². The first-order valence-corrected chi connectivity index (χ1v) is 6.23. The molecule has 0 radical (unpaired) electrons. The van der Waals surface area contributed by atoms with Crippen LogP contribution in [-0.4, -0.2) is 28.8 Å². The fraction of sp³-hybridized carbons (Fsp3) is 0.571. The highest BCUT2D eigenvalue weighted by atomic mass is 19.3. The van der Waals surface area contributed by atoms with Gasteiger partial charge >= 0.3 is 0 Å². The molecule has 0 fully saturated rings. The minimum Gasteiger partial charge on any atom is -0.493 e. The molecule has 118 valence electrons. The predicted octanol–water partition coefficient (Wildman–Crippen LogP) is 2.63. The second kappa shape index (κ2) is 4.10. The Morgan fingerprint density at radius 2 is 1.57 bits per heavy atom. The quantitative estimate of drug-likeness (QED) is 0.784. The van der Waals surface area contributed by atoms with Gasteiger partial charge in [0.1, 0.15) is 0 Å². The Bertz CT molecular complexity index is 594. The van der Waals surface area contributed by atoms with Gasteiger partial charge in [-0.25, -0.2) is 17.6 Å². The minimum absolute atomic E-state index is 0.507. The maximum atomic E-state index is 14.6. The summed E-state index contributed by atoms with van der Waals surface area (Å²) in [7, 11) is 1.05. The Balaban J connectivity index is 2.98. The van der Waals surface area contributed by atoms with Gasteiger partial charge in [-0.1, -0.05) is 0 Å². The smallest absolute Gasteiger partial charge is 0.290 e. The van der Waals surface area contributed by atoms with E-state index in [1.165, 1.54) is 0 Å². The van der Waals surface area contributed by atoms with Crippen molar-refractivity contribution in [3.8, 4) is 5.75 Å². The normalized spacial score (nSPS) is 33.4. The third-order valence-corrected chi connectivity index (χ3v) is 4.34. The van der Waals surface area contributed by atoms with Gasteiger partial charge in [-0.3, -0.25) is 0 Å². The van der Waals surface area contributed by atoms with Gasteiger partial charge in [0.25, 0.3) is 11.8 Å². The van der Waals surface area contributed by atoms with Crippen LogP contribution in [-0.2, 0) is 11.3 Å². The van der Waals surface area contributed by atoms with Gasteiger partial charge in [-0.2, -0.15) is 0 Å². The van der Waals surface area contributed by atoms with E-state index in [4.69, 9.17) is 4.74 Å². The van der Waals surface area contributed by atoms with Gasteiger partial charge in [-0.05, 0) is 32.9 Å². The zero-order valence-corrected chi connectivity index (χ0v) is 12.0. The Morgan fingerprint density at radius 1 is 1.05 bits per heavy atom. The van der Waals surface area contributed by atoms with Crippen molar-refractivity contribution >= 4 is 0 Å². The molecule has 0 saturated carbocycles. The maximum absolute atomic E-state index is 14.6. The summed E-state index contributed by atoms with van der Waals surface area (Å²) in [4.78, 5) is 0. The second-order valence-corrected chi connectivity index (χ2v) is 5.90. The predicted molar refractivity (Wildman–Crippen MR) is 66.6 cm³/mol. The van der Waals surface area contributed by atoms with Crippen LogP contribution >= 0.6 is 0 Å². The molecule has 0 saturated heterocycles. The van der Waals surface area contributed by atoms with Crippen molar-refractivity contribution in [3.05, 3.63) is 29.1 Å². The van der Waals surface area contributed by atoms with E-state index in [1.54, 1.807) is 0 Å². The summed E-state index contributed by atoms with van der Waals surface area (Å²) in [5, 5.41) is 19.8. The summed E-state index contributed by atoms with van der Waals surface area (Å²) in [6.45, 7) is 2.56. The number of hydrogen-bond donors (Lipinski definition) is 2. The van der Waals surface area contributed by atoms with E-state index >= 15 is 0 Å². The highest BCUT2D eigenvalue weighted by Crippen LogP contribution is 2.61. The van der Waals surface area contributed by atoms with Crippen LogP contribution < -0.4 is 4.74 Å². The van der Waals surface area contributed by atoms with Gasteiger partial charge in [0.15, 0.2) is 17.2 Å². The molecule has 0 spiro atoms. The number of rotatable bonds is 1. The fourth-order valence-corrected chi connectivity index (χ4v) is 2.89. The van der Waals surface area contributed by atoms with Gasteiger partial charge in [0.05, 0.1) is 12.5 Å². The average Bonchev–Trinajstić information content (AvgIpc) is 2.35. The molecule has 0 amide bonds. The third-order valence-electron chi connectivity index (χ3n) is 4.34. The number of fused-ring (bicyclic) bond motifs is 1. The highest BCUT2D eigenvalue weighted by Gasteiger charge is 2.74. The minimum atomic E-state index is -4.09. The Labute approximate surface area is 119 Å². The SMILES string of the molecule is COc1c(F)ccc2c1C(C)(C)C(F)(F)C(C)(O)C2(O)F. The molecule has 2 atom stereocenters. The van der Waals surface area contributed by atoms with Crippen molar-refractivity contribution in [2.75, 3.05) is 7.11 Å². The maximum Gasteiger partial charge on any atom is 0.290 e. The number of hydrogen-bond acceptors (Lipinski definition) is 3. The van der Waals surface area contributed by atoms with Crippen LogP contribution in [0.2, 0.25) is 0 Å². The monoisotopic (exact) mass is 308 g/mol. The summed E-state index contributed by atoms with van der Waals surface area (Å²) in [6.07, 6.45) is 0. The standard InChI is InChI=1S/C14H16F4O3/c1-11(2)9-7(5-6-8(15)10(9)21-4)13(16,20)12(3,19)14(11,17)18/h5-6,19-20H,1-4H3. The van der Waals surface area contributed by atoms with E-state index in [-0.39, 0.29) is 0 Å². The molecule has 1 aliphatic rings. The topological polar surface area (TPSA) is 49.7 Å². The van der Waals surface area contributed by atoms with Crippen molar-refractivity contribution in [3.63, 3.8) is 0 Å². The summed E-state index contributed by atoms with van der Waals surface area (Å²) >= 11 is 0. The van der Waals surface area contributed by atoms with Crippen LogP contribution in [0.1, 0.15) is 31.9 Å². The third kappa shape index (κ3) is 1.61. The van der Waals surface area contributed by atoms with Crippen molar-refractivity contribution in [1.82, 2.24) is 0 Å². The molecule has 1 aromatic rings. The van der Waals surface area contributed by atoms with E-state index < -0.39 is 45.5 Å². The van der Waals surface area contributed by atoms with E-state index in [1.807, 2.05) is 0 Å². The Kier molecular flexibility index (Phi) is 3.13. The number of ether oxygens (including phenoxy) is 1. The van der Waals surface area contributed by atoms with E-state index in [9.17, 15) is 27.8 Å². The number of halogens is 4. The Hall–Kier alpha value is -1.34. The van der Waals surface area contributed by atoms with E-state index in [2.05, 4.69) is 0 Å². The first-order chi connectivity index (χ1) is 9.34. The molecule has 1 aliphatic carbocycles. The number of alkyl halides is 3. The summed E-state index contributed by atoms with van der Waals surface area (Å²) in [6, 6.07) is 1.62. The molecule has 2 unspecified atom stereocenters. The average molecular weight is 308 g/mol. The van der Waals surface area contributed by atoms with Crippen molar-refractivity contribution in [2.45, 2.75) is 43.6 Å². The number of aliphatic hydroxyl groups is 2. The molecular formula is C14H16F4O3. The molecule has 2 N–H and O–H groups in total. The van der Waals surface area contributed by atoms with Crippen LogP contribution in [0.4, 0.5) is 17.6 Å². The molecule has 21 heavy (non-hydrogen) atoms. The van der Waals surface area contributed by atoms with Gasteiger partial charge < -0.3 is 14.9 Å². The molecule has 0 aliphatic heterocycles. The van der Waals surface area contributed by atoms with Crippen LogP contribution in [0.25, 0.3) is 0 Å². The van der Waals surface area contributed by atoms with Gasteiger partial charge in [-0.15, -0.1) is 0 Å². The molecule has 0 heterocycles. The van der Waals surface area contributed by atoms with Crippen molar-refractivity contribution in [1.29, 1.82) is 0 Å². The zero-order chi connectivity index (χ0) is 16.4. The molecule has 7 heteroatoms. The summed E-state index contributed by atoms with van der Waals surface area (Å²) < 4.78 is 62.2. The van der Waals surface area contributed by atoms with E-state index in [0.29, 0.717) is 6.92 Å². The lowest BCUT2D eigenvalue weighted by Crippen LogP contribution is -2.69. The zero-order valence-electron chi connectivity index (χ0n) is 12.0. The lowest BCUT2D eigenvalue weighted by Gasteiger charge is -2.52. The number of methoxy groups -OCH3 is 1. The van der Waals surface area contributed by atoms with Gasteiger partial charge in [0.2, 0.25) is 0 Å². The molecule has 0 aromatic heterocycles. The summed E-state index contributed by atoms with van der Waals surface area (Å²) in [5.74, 6) is -9.39. The van der Waals surface area contributed by atoms with Crippen molar-refractivity contribution < 1.29 is 32.5 Å². The highest BCUT2D eigenvalue weighted by molar-refractivity contribution is 5.53. The molecular weight excluding hydrogens is 292 g/mol. The second-order valence-electron chi connectivity index (χ2n) is 5.90.